The van der Waals surface area contributed by atoms with Crippen LogP contribution in [0.3, 0.4) is 0 Å². The number of benzene rings is 1. The smallest absolute Gasteiger partial charge is 0.240 e. The van der Waals surface area contributed by atoms with Gasteiger partial charge in [-0.2, -0.15) is 0 Å². The van der Waals surface area contributed by atoms with Crippen molar-refractivity contribution in [3.63, 3.8) is 0 Å². The zero-order valence-corrected chi connectivity index (χ0v) is 17.9. The topological polar surface area (TPSA) is 110 Å². The molecule has 1 fully saturated rings. The Bertz CT molecular complexity index is 1160. The van der Waals surface area contributed by atoms with Crippen LogP contribution in [0.1, 0.15) is 17.7 Å². The van der Waals surface area contributed by atoms with E-state index in [4.69, 9.17) is 10.5 Å². The van der Waals surface area contributed by atoms with Gasteiger partial charge in [0.2, 0.25) is 10.0 Å². The largest absolute Gasteiger partial charge is 0.383 e. The number of rotatable bonds is 6. The van der Waals surface area contributed by atoms with Gasteiger partial charge in [0.25, 0.3) is 0 Å². The molecule has 1 saturated heterocycles. The Balaban J connectivity index is 1.66. The summed E-state index contributed by atoms with van der Waals surface area (Å²) in [4.78, 5) is 7.84. The van der Waals surface area contributed by atoms with Crippen LogP contribution in [-0.4, -0.2) is 38.1 Å². The fraction of sp³-hybridized carbons (Fsp3) is 0.318. The SMILES string of the molecule is Cc1ccc(-c2cc(-c3cc(S(=O)(=O)NCC4CCOC4)ccc3C)cnc2N)[nH]1. The summed E-state index contributed by atoms with van der Waals surface area (Å²) in [6, 6.07) is 11.0. The van der Waals surface area contributed by atoms with Crippen molar-refractivity contribution in [3.8, 4) is 22.4 Å². The van der Waals surface area contributed by atoms with E-state index in [1.54, 1.807) is 18.3 Å². The number of nitrogens with two attached hydrogens (primary N) is 1. The van der Waals surface area contributed by atoms with Gasteiger partial charge in [-0.3, -0.25) is 0 Å². The fourth-order valence-electron chi connectivity index (χ4n) is 3.63. The molecule has 1 atom stereocenters. The zero-order valence-electron chi connectivity index (χ0n) is 17.1. The highest BCUT2D eigenvalue weighted by atomic mass is 32.2. The predicted molar refractivity (Wildman–Crippen MR) is 117 cm³/mol. The quantitative estimate of drug-likeness (QED) is 0.560. The number of hydrogen-bond acceptors (Lipinski definition) is 5. The van der Waals surface area contributed by atoms with Crippen LogP contribution in [0.15, 0.2) is 47.5 Å². The molecular weight excluding hydrogens is 400 g/mol. The van der Waals surface area contributed by atoms with Crippen LogP contribution < -0.4 is 10.5 Å². The molecule has 4 N–H and O–H groups in total. The summed E-state index contributed by atoms with van der Waals surface area (Å²) in [6.45, 7) is 5.59. The first kappa shape index (κ1) is 20.6. The van der Waals surface area contributed by atoms with Crippen LogP contribution in [0.2, 0.25) is 0 Å². The molecule has 0 spiro atoms. The standard InChI is InChI=1S/C22H26N4O3S/c1-14-3-5-18(30(27,28)25-11-16-7-8-29-13-16)10-19(14)17-9-20(22(23)24-12-17)21-6-4-15(2)26-21/h3-6,9-10,12,16,25-26H,7-8,11,13H2,1-2H3,(H2,23,24). The third-order valence-electron chi connectivity index (χ3n) is 5.46. The van der Waals surface area contributed by atoms with Gasteiger partial charge in [0.15, 0.2) is 0 Å². The molecular formula is C22H26N4O3S. The van der Waals surface area contributed by atoms with Crippen LogP contribution in [-0.2, 0) is 14.8 Å². The molecule has 1 unspecified atom stereocenters. The van der Waals surface area contributed by atoms with E-state index >= 15 is 0 Å². The average molecular weight is 427 g/mol. The van der Waals surface area contributed by atoms with Crippen LogP contribution in [0.4, 0.5) is 5.82 Å². The Kier molecular flexibility index (Phi) is 5.64. The number of aromatic amines is 1. The Labute approximate surface area is 176 Å². The third-order valence-corrected chi connectivity index (χ3v) is 6.88. The molecule has 0 saturated carbocycles. The lowest BCUT2D eigenvalue weighted by atomic mass is 10.00. The molecule has 1 aliphatic rings. The fourth-order valence-corrected chi connectivity index (χ4v) is 4.78. The van der Waals surface area contributed by atoms with Gasteiger partial charge in [0.05, 0.1) is 11.5 Å². The van der Waals surface area contributed by atoms with Gasteiger partial charge in [-0.1, -0.05) is 6.07 Å². The minimum Gasteiger partial charge on any atom is -0.383 e. The minimum atomic E-state index is -3.62. The Morgan fingerprint density at radius 1 is 1.20 bits per heavy atom. The summed E-state index contributed by atoms with van der Waals surface area (Å²) < 4.78 is 33.7. The van der Waals surface area contributed by atoms with Crippen molar-refractivity contribution < 1.29 is 13.2 Å². The van der Waals surface area contributed by atoms with E-state index in [0.29, 0.717) is 25.6 Å². The van der Waals surface area contributed by atoms with Crippen molar-refractivity contribution in [3.05, 3.63) is 53.9 Å². The molecule has 0 bridgehead atoms. The number of nitrogen functional groups attached to an aromatic ring is 1. The number of nitrogens with zero attached hydrogens (tertiary/aromatic N) is 1. The van der Waals surface area contributed by atoms with Gasteiger partial charge in [-0.05, 0) is 67.6 Å². The number of sulfonamides is 1. The van der Waals surface area contributed by atoms with E-state index < -0.39 is 10.0 Å². The molecule has 158 valence electrons. The normalized spacial score (nSPS) is 16.8. The van der Waals surface area contributed by atoms with Crippen molar-refractivity contribution >= 4 is 15.8 Å². The number of aryl methyl sites for hydroxylation is 2. The summed E-state index contributed by atoms with van der Waals surface area (Å²) in [5, 5.41) is 0. The lowest BCUT2D eigenvalue weighted by Gasteiger charge is -2.13. The monoisotopic (exact) mass is 426 g/mol. The van der Waals surface area contributed by atoms with Gasteiger partial charge in [0.1, 0.15) is 5.82 Å². The number of aromatic nitrogens is 2. The number of ether oxygens (including phenoxy) is 1. The van der Waals surface area contributed by atoms with E-state index in [2.05, 4.69) is 14.7 Å². The van der Waals surface area contributed by atoms with Crippen LogP contribution in [0.25, 0.3) is 22.4 Å². The summed E-state index contributed by atoms with van der Waals surface area (Å²) in [6.07, 6.45) is 2.55. The minimum absolute atomic E-state index is 0.220. The Morgan fingerprint density at radius 2 is 2.03 bits per heavy atom. The van der Waals surface area contributed by atoms with Crippen molar-refractivity contribution in [1.29, 1.82) is 0 Å². The molecule has 4 rings (SSSR count). The Hall–Kier alpha value is -2.68. The average Bonchev–Trinajstić information content (AvgIpc) is 3.39. The maximum absolute atomic E-state index is 12.8. The number of H-pyrrole nitrogens is 1. The highest BCUT2D eigenvalue weighted by molar-refractivity contribution is 7.89. The van der Waals surface area contributed by atoms with E-state index in [1.165, 1.54) is 0 Å². The number of hydrogen-bond donors (Lipinski definition) is 3. The van der Waals surface area contributed by atoms with E-state index in [0.717, 1.165) is 40.1 Å². The number of nitrogens with one attached hydrogen (secondary N) is 2. The van der Waals surface area contributed by atoms with Crippen LogP contribution in [0, 0.1) is 19.8 Å². The highest BCUT2D eigenvalue weighted by Crippen LogP contribution is 2.32. The molecule has 0 amide bonds. The third kappa shape index (κ3) is 4.26. The maximum atomic E-state index is 12.8. The molecule has 7 nitrogen and oxygen atoms in total. The van der Waals surface area contributed by atoms with Crippen LogP contribution >= 0.6 is 0 Å². The van der Waals surface area contributed by atoms with Gasteiger partial charge in [-0.25, -0.2) is 18.1 Å². The van der Waals surface area contributed by atoms with Crippen molar-refractivity contribution in [2.24, 2.45) is 5.92 Å². The van der Waals surface area contributed by atoms with Crippen molar-refractivity contribution in [2.75, 3.05) is 25.5 Å². The van der Waals surface area contributed by atoms with Crippen molar-refractivity contribution in [2.45, 2.75) is 25.2 Å². The first-order chi connectivity index (χ1) is 14.3. The van der Waals surface area contributed by atoms with E-state index in [1.807, 2.05) is 38.1 Å². The van der Waals surface area contributed by atoms with E-state index in [9.17, 15) is 8.42 Å². The molecule has 0 radical (unpaired) electrons. The second kappa shape index (κ2) is 8.22. The second-order valence-electron chi connectivity index (χ2n) is 7.77. The lowest BCUT2D eigenvalue weighted by molar-refractivity contribution is 0.186. The summed E-state index contributed by atoms with van der Waals surface area (Å²) in [7, 11) is -3.62. The molecule has 2 aromatic heterocycles. The number of anilines is 1. The van der Waals surface area contributed by atoms with E-state index in [-0.39, 0.29) is 10.8 Å². The molecule has 30 heavy (non-hydrogen) atoms. The van der Waals surface area contributed by atoms with Gasteiger partial charge < -0.3 is 15.5 Å². The Morgan fingerprint density at radius 3 is 2.73 bits per heavy atom. The lowest BCUT2D eigenvalue weighted by Crippen LogP contribution is -2.29. The first-order valence-corrected chi connectivity index (χ1v) is 11.4. The van der Waals surface area contributed by atoms with Crippen LogP contribution in [0.5, 0.6) is 0 Å². The zero-order chi connectivity index (χ0) is 21.3. The molecule has 8 heteroatoms. The summed E-state index contributed by atoms with van der Waals surface area (Å²) in [5.41, 5.74) is 11.4. The summed E-state index contributed by atoms with van der Waals surface area (Å²) in [5.74, 6) is 0.639. The van der Waals surface area contributed by atoms with Gasteiger partial charge in [-0.15, -0.1) is 0 Å². The number of pyridine rings is 1. The first-order valence-electron chi connectivity index (χ1n) is 9.93. The molecule has 0 aliphatic carbocycles. The van der Waals surface area contributed by atoms with Crippen molar-refractivity contribution in [1.82, 2.24) is 14.7 Å². The molecule has 1 aromatic carbocycles. The van der Waals surface area contributed by atoms with Gasteiger partial charge >= 0.3 is 0 Å². The summed E-state index contributed by atoms with van der Waals surface area (Å²) >= 11 is 0. The highest BCUT2D eigenvalue weighted by Gasteiger charge is 2.21. The molecule has 3 aromatic rings. The molecule has 3 heterocycles. The van der Waals surface area contributed by atoms with Gasteiger partial charge in [0, 0.05) is 41.9 Å². The molecule has 1 aliphatic heterocycles. The predicted octanol–water partition coefficient (Wildman–Crippen LogP) is 3.26. The maximum Gasteiger partial charge on any atom is 0.240 e. The second-order valence-corrected chi connectivity index (χ2v) is 9.54.